The largest absolute Gasteiger partial charge is 0.351 e. The number of hydrogen-bond acceptors (Lipinski definition) is 4. The summed E-state index contributed by atoms with van der Waals surface area (Å²) in [4.78, 5) is 15.5. The van der Waals surface area contributed by atoms with Gasteiger partial charge in [0.15, 0.2) is 0 Å². The van der Waals surface area contributed by atoms with Gasteiger partial charge in [-0.2, -0.15) is 0 Å². The van der Waals surface area contributed by atoms with E-state index in [1.165, 1.54) is 0 Å². The van der Waals surface area contributed by atoms with E-state index in [-0.39, 0.29) is 18.3 Å². The Kier molecular flexibility index (Phi) is 8.44. The third-order valence-electron chi connectivity index (χ3n) is 3.34. The van der Waals surface area contributed by atoms with Crippen LogP contribution in [0.25, 0.3) is 0 Å². The van der Waals surface area contributed by atoms with Crippen molar-refractivity contribution < 1.29 is 4.79 Å². The van der Waals surface area contributed by atoms with Crippen LogP contribution in [0.3, 0.4) is 0 Å². The molecule has 1 aromatic carbocycles. The molecule has 0 radical (unpaired) electrons. The van der Waals surface area contributed by atoms with E-state index < -0.39 is 0 Å². The zero-order chi connectivity index (χ0) is 14.4. The molecule has 7 heteroatoms. The molecule has 0 atom stereocenters. The lowest BCUT2D eigenvalue weighted by molar-refractivity contribution is 0.0947. The first kappa shape index (κ1) is 18.6. The monoisotopic (exact) mass is 349 g/mol. The summed E-state index contributed by atoms with van der Waals surface area (Å²) in [6.45, 7) is 5.66. The van der Waals surface area contributed by atoms with Crippen molar-refractivity contribution in [1.29, 1.82) is 0 Å². The van der Waals surface area contributed by atoms with Gasteiger partial charge in [0.2, 0.25) is 0 Å². The Hall–Kier alpha value is -0.460. The maximum atomic E-state index is 12.1. The van der Waals surface area contributed by atoms with E-state index in [2.05, 4.69) is 15.5 Å². The summed E-state index contributed by atoms with van der Waals surface area (Å²) < 4.78 is 0. The summed E-state index contributed by atoms with van der Waals surface area (Å²) in [6, 6.07) is 5.54. The minimum atomic E-state index is -0.0963. The molecule has 0 unspecified atom stereocenters. The highest BCUT2D eigenvalue weighted by molar-refractivity contribution is 7.98. The fourth-order valence-electron chi connectivity index (χ4n) is 2.16. The van der Waals surface area contributed by atoms with Gasteiger partial charge >= 0.3 is 0 Å². The topological polar surface area (TPSA) is 44.4 Å². The molecule has 0 bridgehead atoms. The summed E-state index contributed by atoms with van der Waals surface area (Å²) in [5, 5.41) is 6.76. The van der Waals surface area contributed by atoms with E-state index in [9.17, 15) is 4.79 Å². The third-order valence-corrected chi connectivity index (χ3v) is 4.40. The first-order valence-corrected chi connectivity index (χ1v) is 8.36. The third kappa shape index (κ3) is 5.68. The molecule has 4 nitrogen and oxygen atoms in total. The molecule has 1 amide bonds. The smallest absolute Gasteiger partial charge is 0.252 e. The van der Waals surface area contributed by atoms with Crippen molar-refractivity contribution >= 4 is 41.7 Å². The molecule has 1 aliphatic heterocycles. The molecule has 0 spiro atoms. The normalized spacial score (nSPS) is 15.3. The van der Waals surface area contributed by atoms with Crippen LogP contribution in [0, 0.1) is 0 Å². The van der Waals surface area contributed by atoms with Crippen molar-refractivity contribution in [3.05, 3.63) is 28.8 Å². The highest BCUT2D eigenvalue weighted by Crippen LogP contribution is 2.22. The summed E-state index contributed by atoms with van der Waals surface area (Å²) in [5.74, 6) is -0.0963. The average Bonchev–Trinajstić information content (AvgIpc) is 2.48. The molecule has 0 saturated carbocycles. The van der Waals surface area contributed by atoms with E-state index in [0.29, 0.717) is 17.1 Å². The van der Waals surface area contributed by atoms with Gasteiger partial charge in [-0.1, -0.05) is 11.6 Å². The number of piperazine rings is 1. The molecule has 21 heavy (non-hydrogen) atoms. The standard InChI is InChI=1S/C14H20ClN3OS.ClH/c1-20-11-2-3-13(15)12(10-11)14(19)17-6-9-18-7-4-16-5-8-18;/h2-3,10,16H,4-9H2,1H3,(H,17,19);1H. The van der Waals surface area contributed by atoms with Gasteiger partial charge in [-0.15, -0.1) is 24.2 Å². The van der Waals surface area contributed by atoms with Crippen LogP contribution in [0.2, 0.25) is 5.02 Å². The fraction of sp³-hybridized carbons (Fsp3) is 0.500. The lowest BCUT2D eigenvalue weighted by atomic mass is 10.2. The first-order chi connectivity index (χ1) is 9.70. The number of hydrogen-bond donors (Lipinski definition) is 2. The van der Waals surface area contributed by atoms with Gasteiger partial charge in [0.25, 0.3) is 5.91 Å². The number of thioether (sulfide) groups is 1. The van der Waals surface area contributed by atoms with E-state index >= 15 is 0 Å². The van der Waals surface area contributed by atoms with Crippen LogP contribution in [0.4, 0.5) is 0 Å². The SMILES string of the molecule is CSc1ccc(Cl)c(C(=O)NCCN2CCNCC2)c1.Cl. The molecular formula is C14H21Cl2N3OS. The van der Waals surface area contributed by atoms with Gasteiger partial charge in [0, 0.05) is 44.2 Å². The van der Waals surface area contributed by atoms with Crippen molar-refractivity contribution in [3.63, 3.8) is 0 Å². The Balaban J connectivity index is 0.00000220. The van der Waals surface area contributed by atoms with E-state index in [0.717, 1.165) is 37.6 Å². The van der Waals surface area contributed by atoms with Crippen molar-refractivity contribution in [3.8, 4) is 0 Å². The predicted octanol–water partition coefficient (Wildman–Crippen LogP) is 2.12. The summed E-state index contributed by atoms with van der Waals surface area (Å²) in [7, 11) is 0. The van der Waals surface area contributed by atoms with Crippen LogP contribution in [0.5, 0.6) is 0 Å². The van der Waals surface area contributed by atoms with Crippen LogP contribution in [-0.4, -0.2) is 56.3 Å². The predicted molar refractivity (Wildman–Crippen MR) is 92.1 cm³/mol. The van der Waals surface area contributed by atoms with Crippen LogP contribution in [-0.2, 0) is 0 Å². The highest BCUT2D eigenvalue weighted by Gasteiger charge is 2.12. The minimum absolute atomic E-state index is 0. The quantitative estimate of drug-likeness (QED) is 0.799. The zero-order valence-electron chi connectivity index (χ0n) is 12.0. The van der Waals surface area contributed by atoms with Crippen LogP contribution in [0.15, 0.2) is 23.1 Å². The molecule has 1 heterocycles. The number of nitrogens with one attached hydrogen (secondary N) is 2. The number of amides is 1. The number of rotatable bonds is 5. The van der Waals surface area contributed by atoms with Crippen molar-refractivity contribution in [1.82, 2.24) is 15.5 Å². The highest BCUT2D eigenvalue weighted by atomic mass is 35.5. The number of nitrogens with zero attached hydrogens (tertiary/aromatic N) is 1. The summed E-state index contributed by atoms with van der Waals surface area (Å²) >= 11 is 7.69. The molecule has 1 saturated heterocycles. The second kappa shape index (κ2) is 9.54. The van der Waals surface area contributed by atoms with Gasteiger partial charge in [-0.25, -0.2) is 0 Å². The molecule has 118 valence electrons. The summed E-state index contributed by atoms with van der Waals surface area (Å²) in [6.07, 6.45) is 1.98. The average molecular weight is 350 g/mol. The maximum Gasteiger partial charge on any atom is 0.252 e. The molecular weight excluding hydrogens is 329 g/mol. The van der Waals surface area contributed by atoms with Gasteiger partial charge in [0.05, 0.1) is 10.6 Å². The number of halogens is 2. The number of benzene rings is 1. The first-order valence-electron chi connectivity index (χ1n) is 6.75. The van der Waals surface area contributed by atoms with Crippen molar-refractivity contribution in [2.24, 2.45) is 0 Å². The Bertz CT molecular complexity index is 468. The van der Waals surface area contributed by atoms with E-state index in [1.54, 1.807) is 17.8 Å². The lowest BCUT2D eigenvalue weighted by Crippen LogP contribution is -2.46. The Morgan fingerprint density at radius 2 is 2.14 bits per heavy atom. The van der Waals surface area contributed by atoms with Crippen molar-refractivity contribution in [2.45, 2.75) is 4.90 Å². The molecule has 1 aliphatic rings. The van der Waals surface area contributed by atoms with Gasteiger partial charge in [0.1, 0.15) is 0 Å². The molecule has 0 aromatic heterocycles. The maximum absolute atomic E-state index is 12.1. The van der Waals surface area contributed by atoms with Gasteiger partial charge in [-0.3, -0.25) is 9.69 Å². The van der Waals surface area contributed by atoms with Crippen LogP contribution in [0.1, 0.15) is 10.4 Å². The van der Waals surface area contributed by atoms with Gasteiger partial charge < -0.3 is 10.6 Å². The lowest BCUT2D eigenvalue weighted by Gasteiger charge is -2.27. The number of carbonyl (C=O) groups is 1. The number of carbonyl (C=O) groups excluding carboxylic acids is 1. The fourth-order valence-corrected chi connectivity index (χ4v) is 2.81. The van der Waals surface area contributed by atoms with Crippen molar-refractivity contribution in [2.75, 3.05) is 45.5 Å². The van der Waals surface area contributed by atoms with Crippen LogP contribution >= 0.6 is 35.8 Å². The van der Waals surface area contributed by atoms with Gasteiger partial charge in [-0.05, 0) is 24.5 Å². The molecule has 1 fully saturated rings. The molecule has 1 aromatic rings. The zero-order valence-corrected chi connectivity index (χ0v) is 14.4. The van der Waals surface area contributed by atoms with E-state index in [1.807, 2.05) is 18.4 Å². The van der Waals surface area contributed by atoms with Crippen LogP contribution < -0.4 is 10.6 Å². The minimum Gasteiger partial charge on any atom is -0.351 e. The Morgan fingerprint density at radius 3 is 2.81 bits per heavy atom. The Labute approximate surface area is 141 Å². The molecule has 0 aliphatic carbocycles. The van der Waals surface area contributed by atoms with E-state index in [4.69, 9.17) is 11.6 Å². The molecule has 2 N–H and O–H groups in total. The summed E-state index contributed by atoms with van der Waals surface area (Å²) in [5.41, 5.74) is 0.554. The molecule has 2 rings (SSSR count). The second-order valence-corrected chi connectivity index (χ2v) is 5.98. The second-order valence-electron chi connectivity index (χ2n) is 4.69. The Morgan fingerprint density at radius 1 is 1.43 bits per heavy atom.